The molecule has 1 saturated heterocycles. The molecule has 4 radical (unpaired) electrons. The minimum absolute atomic E-state index is 0. The van der Waals surface area contributed by atoms with Gasteiger partial charge < -0.3 is 23.6 Å². The number of hydrogen-bond donors (Lipinski definition) is 2. The van der Waals surface area contributed by atoms with Crippen LogP contribution in [0.3, 0.4) is 0 Å². The predicted octanol–water partition coefficient (Wildman–Crippen LogP) is -1.39. The molecule has 0 spiro atoms. The number of ether oxygens (including phenoxy) is 1. The molecule has 0 bridgehead atoms. The van der Waals surface area contributed by atoms with Gasteiger partial charge in [-0.1, -0.05) is 32.0 Å². The van der Waals surface area contributed by atoms with Gasteiger partial charge in [0.15, 0.2) is 0 Å². The summed E-state index contributed by atoms with van der Waals surface area (Å²) in [5, 5.41) is 13.7. The summed E-state index contributed by atoms with van der Waals surface area (Å²) in [6, 6.07) is 8.37. The smallest absolute Gasteiger partial charge is 1.00 e. The van der Waals surface area contributed by atoms with Gasteiger partial charge in [-0.15, -0.1) is 0 Å². The summed E-state index contributed by atoms with van der Waals surface area (Å²) < 4.78 is 5.39. The van der Waals surface area contributed by atoms with E-state index in [1.165, 1.54) is 5.56 Å². The summed E-state index contributed by atoms with van der Waals surface area (Å²) in [6.07, 6.45) is 1.47. The van der Waals surface area contributed by atoms with Crippen molar-refractivity contribution < 1.29 is 39.4 Å². The molecular weight excluding hydrogens is 260 g/mol. The number of methoxy groups -OCH3 is 1. The molecule has 3 nitrogen and oxygen atoms in total. The predicted molar refractivity (Wildman–Crippen MR) is 78.6 cm³/mol. The summed E-state index contributed by atoms with van der Waals surface area (Å²) in [4.78, 5) is 0. The summed E-state index contributed by atoms with van der Waals surface area (Å²) in [6.45, 7) is 5.14. The number of rotatable bonds is 3. The molecule has 1 heterocycles. The van der Waals surface area contributed by atoms with E-state index in [1.807, 2.05) is 18.2 Å². The molecule has 2 N–H and O–H groups in total. The van der Waals surface area contributed by atoms with Gasteiger partial charge in [0.25, 0.3) is 0 Å². The summed E-state index contributed by atoms with van der Waals surface area (Å²) in [5.41, 5.74) is 1.08. The third-order valence-corrected chi connectivity index (χ3v) is 4.18. The molecule has 2 unspecified atom stereocenters. The summed E-state index contributed by atoms with van der Waals surface area (Å²) in [7, 11) is 1.70. The Hall–Kier alpha value is 0.00494. The zero-order chi connectivity index (χ0) is 13.2. The first-order valence-corrected chi connectivity index (χ1v) is 6.59. The van der Waals surface area contributed by atoms with Crippen LogP contribution in [0, 0.1) is 5.41 Å². The number of para-hydroxylation sites is 1. The molecule has 1 fully saturated rings. The van der Waals surface area contributed by atoms with Gasteiger partial charge in [-0.25, -0.2) is 0 Å². The molecule has 1 aliphatic heterocycles. The zero-order valence-corrected chi connectivity index (χ0v) is 15.0. The number of nitrogens with one attached hydrogen (secondary N) is 1. The molecule has 5 heteroatoms. The molecular formula is C15H23BNNaO2. The first kappa shape index (κ1) is 20.0. The Morgan fingerprint density at radius 1 is 1.35 bits per heavy atom. The molecule has 2 atom stereocenters. The van der Waals surface area contributed by atoms with Gasteiger partial charge in [-0.2, -0.15) is 0 Å². The minimum atomic E-state index is -0.238. The van der Waals surface area contributed by atoms with E-state index >= 15 is 0 Å². The van der Waals surface area contributed by atoms with E-state index in [-0.39, 0.29) is 55.5 Å². The van der Waals surface area contributed by atoms with Crippen molar-refractivity contribution in [3.8, 4) is 5.75 Å². The van der Waals surface area contributed by atoms with E-state index in [2.05, 4.69) is 25.2 Å². The largest absolute Gasteiger partial charge is 1.00 e. The van der Waals surface area contributed by atoms with Crippen LogP contribution < -0.4 is 39.6 Å². The van der Waals surface area contributed by atoms with Crippen LogP contribution in [0.1, 0.15) is 25.8 Å². The minimum Gasteiger partial charge on any atom is -1.00 e. The van der Waals surface area contributed by atoms with Crippen LogP contribution in [-0.2, 0) is 6.42 Å². The van der Waals surface area contributed by atoms with Crippen molar-refractivity contribution in [3.63, 3.8) is 0 Å². The second-order valence-corrected chi connectivity index (χ2v) is 5.65. The van der Waals surface area contributed by atoms with Gasteiger partial charge in [0, 0.05) is 11.5 Å². The fourth-order valence-electron chi connectivity index (χ4n) is 2.69. The fraction of sp³-hybridized carbons (Fsp3) is 0.600. The third-order valence-electron chi connectivity index (χ3n) is 4.18. The van der Waals surface area contributed by atoms with Crippen molar-refractivity contribution in [3.05, 3.63) is 29.8 Å². The third kappa shape index (κ3) is 4.25. The molecule has 20 heavy (non-hydrogen) atoms. The van der Waals surface area contributed by atoms with Crippen molar-refractivity contribution in [2.75, 3.05) is 13.7 Å². The number of benzene rings is 1. The molecule has 1 aliphatic rings. The average Bonchev–Trinajstić information content (AvgIpc) is 2.36. The molecule has 104 valence electrons. The van der Waals surface area contributed by atoms with Gasteiger partial charge in [0.1, 0.15) is 5.75 Å². The van der Waals surface area contributed by atoms with Gasteiger partial charge in [-0.05, 0) is 31.0 Å². The Bertz CT molecular complexity index is 415. The fourth-order valence-corrected chi connectivity index (χ4v) is 2.69. The second kappa shape index (κ2) is 8.45. The van der Waals surface area contributed by atoms with Crippen LogP contribution in [-0.4, -0.2) is 39.3 Å². The van der Waals surface area contributed by atoms with E-state index in [0.717, 1.165) is 25.1 Å². The maximum Gasteiger partial charge on any atom is 1.00 e. The van der Waals surface area contributed by atoms with Gasteiger partial charge in [0.2, 0.25) is 0 Å². The molecule has 1 aromatic rings. The van der Waals surface area contributed by atoms with E-state index in [4.69, 9.17) is 4.74 Å². The van der Waals surface area contributed by atoms with E-state index in [1.54, 1.807) is 7.11 Å². The van der Waals surface area contributed by atoms with Crippen molar-refractivity contribution in [1.82, 2.24) is 5.32 Å². The van der Waals surface area contributed by atoms with Gasteiger partial charge in [0.05, 0.1) is 13.2 Å². The summed E-state index contributed by atoms with van der Waals surface area (Å²) in [5.74, 6) is 0.926. The van der Waals surface area contributed by atoms with Crippen molar-refractivity contribution >= 4 is 8.41 Å². The molecule has 1 aromatic carbocycles. The Morgan fingerprint density at radius 3 is 2.65 bits per heavy atom. The average molecular weight is 283 g/mol. The van der Waals surface area contributed by atoms with Gasteiger partial charge in [-0.3, -0.25) is 0 Å². The topological polar surface area (TPSA) is 41.5 Å². The quantitative estimate of drug-likeness (QED) is 0.671. The molecule has 0 aromatic heterocycles. The van der Waals surface area contributed by atoms with Crippen molar-refractivity contribution in [2.24, 2.45) is 5.41 Å². The maximum atomic E-state index is 10.1. The second-order valence-electron chi connectivity index (χ2n) is 5.65. The number of piperidine rings is 1. The van der Waals surface area contributed by atoms with Crippen LogP contribution in [0.5, 0.6) is 5.75 Å². The monoisotopic (exact) mass is 283 g/mol. The van der Waals surface area contributed by atoms with Crippen LogP contribution in [0.15, 0.2) is 24.3 Å². The van der Waals surface area contributed by atoms with Crippen LogP contribution in [0.4, 0.5) is 0 Å². The number of aliphatic hydroxyl groups is 1. The Kier molecular flexibility index (Phi) is 8.45. The van der Waals surface area contributed by atoms with Crippen molar-refractivity contribution in [1.29, 1.82) is 0 Å². The standard InChI is InChI=1S/C15H23NO2.B.Na/c1-15(2)13(16-9-8-14(15)17)10-11-6-4-5-7-12(11)18-3;;/h4-7,13-14,16-17H,8-10H2,1-3H3;;/q;-1;+1. The first-order chi connectivity index (χ1) is 8.55. The molecule has 0 amide bonds. The molecule has 0 saturated carbocycles. The first-order valence-electron chi connectivity index (χ1n) is 6.59. The Morgan fingerprint density at radius 2 is 2.00 bits per heavy atom. The van der Waals surface area contributed by atoms with E-state index < -0.39 is 0 Å². The SMILES string of the molecule is COc1ccccc1CC1NCCC(O)C1(C)C.[B-].[Na+]. The maximum absolute atomic E-state index is 10.1. The zero-order valence-electron chi connectivity index (χ0n) is 13.0. The Balaban J connectivity index is 0.00000180. The van der Waals surface area contributed by atoms with Crippen molar-refractivity contribution in [2.45, 2.75) is 38.8 Å². The van der Waals surface area contributed by atoms with E-state index in [0.29, 0.717) is 0 Å². The van der Waals surface area contributed by atoms with Gasteiger partial charge >= 0.3 is 29.6 Å². The van der Waals surface area contributed by atoms with E-state index in [9.17, 15) is 5.11 Å². The Labute approximate surface area is 146 Å². The van der Waals surface area contributed by atoms with Crippen LogP contribution in [0.25, 0.3) is 0 Å². The normalized spacial score (nSPS) is 24.2. The van der Waals surface area contributed by atoms with Crippen LogP contribution >= 0.6 is 0 Å². The number of aliphatic hydroxyl groups excluding tert-OH is 1. The van der Waals surface area contributed by atoms with Crippen LogP contribution in [0.2, 0.25) is 0 Å². The number of hydrogen-bond acceptors (Lipinski definition) is 3. The molecule has 2 rings (SSSR count). The molecule has 0 aliphatic carbocycles. The summed E-state index contributed by atoms with van der Waals surface area (Å²) >= 11 is 0.